The predicted molar refractivity (Wildman–Crippen MR) is 81.1 cm³/mol. The molecule has 98 valence electrons. The van der Waals surface area contributed by atoms with Crippen molar-refractivity contribution in [1.82, 2.24) is 4.90 Å². The second-order valence-corrected chi connectivity index (χ2v) is 5.34. The first-order chi connectivity index (χ1) is 9.11. The zero-order chi connectivity index (χ0) is 13.8. The Kier molecular flexibility index (Phi) is 4.38. The maximum Gasteiger partial charge on any atom is 0.255 e. The second kappa shape index (κ2) is 6.02. The number of hydrogen-bond acceptors (Lipinski definition) is 1. The van der Waals surface area contributed by atoms with Gasteiger partial charge in [-0.1, -0.05) is 42.5 Å². The van der Waals surface area contributed by atoms with E-state index in [-0.39, 0.29) is 11.9 Å². The summed E-state index contributed by atoms with van der Waals surface area (Å²) in [5, 5.41) is 0. The number of carbonyl (C=O) groups is 1. The van der Waals surface area contributed by atoms with Gasteiger partial charge in [0.1, 0.15) is 0 Å². The molecule has 1 amide bonds. The van der Waals surface area contributed by atoms with Gasteiger partial charge in [0, 0.05) is 11.5 Å². The number of halogens is 1. The lowest BCUT2D eigenvalue weighted by atomic mass is 10.1. The fourth-order valence-corrected chi connectivity index (χ4v) is 2.41. The summed E-state index contributed by atoms with van der Waals surface area (Å²) in [7, 11) is 1.83. The molecule has 2 nitrogen and oxygen atoms in total. The molecule has 0 saturated carbocycles. The van der Waals surface area contributed by atoms with Crippen LogP contribution in [0.4, 0.5) is 0 Å². The minimum Gasteiger partial charge on any atom is -0.335 e. The molecule has 0 aliphatic heterocycles. The Bertz CT molecular complexity index is 568. The van der Waals surface area contributed by atoms with Crippen LogP contribution in [0.1, 0.15) is 28.9 Å². The molecular formula is C16H16BrNO. The Balaban J connectivity index is 2.23. The molecule has 0 fully saturated rings. The maximum atomic E-state index is 12.5. The molecule has 0 bridgehead atoms. The minimum atomic E-state index is 0.0174. The lowest BCUT2D eigenvalue weighted by Gasteiger charge is -2.25. The predicted octanol–water partition coefficient (Wildman–Crippen LogP) is 4.28. The standard InChI is InChI=1S/C16H16BrNO/c1-12(13-8-4-3-5-9-13)18(2)16(19)14-10-6-7-11-15(14)17/h3-12H,1-2H3. The van der Waals surface area contributed by atoms with Gasteiger partial charge >= 0.3 is 0 Å². The van der Waals surface area contributed by atoms with Gasteiger partial charge in [0.05, 0.1) is 11.6 Å². The molecule has 0 spiro atoms. The first-order valence-corrected chi connectivity index (χ1v) is 6.97. The van der Waals surface area contributed by atoms with Crippen molar-refractivity contribution in [2.24, 2.45) is 0 Å². The van der Waals surface area contributed by atoms with Gasteiger partial charge in [-0.05, 0) is 40.5 Å². The van der Waals surface area contributed by atoms with E-state index in [9.17, 15) is 4.79 Å². The smallest absolute Gasteiger partial charge is 0.255 e. The third kappa shape index (κ3) is 3.04. The molecule has 1 atom stereocenters. The van der Waals surface area contributed by atoms with Crippen molar-refractivity contribution in [3.63, 3.8) is 0 Å². The Morgan fingerprint density at radius 2 is 1.63 bits per heavy atom. The summed E-state index contributed by atoms with van der Waals surface area (Å²) in [5.41, 5.74) is 1.82. The van der Waals surface area contributed by atoms with E-state index >= 15 is 0 Å². The van der Waals surface area contributed by atoms with Crippen molar-refractivity contribution >= 4 is 21.8 Å². The number of benzene rings is 2. The van der Waals surface area contributed by atoms with Crippen LogP contribution < -0.4 is 0 Å². The van der Waals surface area contributed by atoms with E-state index in [1.165, 1.54) is 0 Å². The first-order valence-electron chi connectivity index (χ1n) is 6.18. The third-order valence-corrected chi connectivity index (χ3v) is 3.98. The van der Waals surface area contributed by atoms with Crippen molar-refractivity contribution in [2.45, 2.75) is 13.0 Å². The van der Waals surface area contributed by atoms with E-state index in [0.717, 1.165) is 10.0 Å². The fraction of sp³-hybridized carbons (Fsp3) is 0.188. The van der Waals surface area contributed by atoms with Crippen LogP contribution >= 0.6 is 15.9 Å². The largest absolute Gasteiger partial charge is 0.335 e. The van der Waals surface area contributed by atoms with Gasteiger partial charge in [0.2, 0.25) is 0 Å². The SMILES string of the molecule is CC(c1ccccc1)N(C)C(=O)c1ccccc1Br. The summed E-state index contributed by atoms with van der Waals surface area (Å²) in [4.78, 5) is 14.2. The Morgan fingerprint density at radius 3 is 2.26 bits per heavy atom. The monoisotopic (exact) mass is 317 g/mol. The zero-order valence-corrected chi connectivity index (χ0v) is 12.6. The van der Waals surface area contributed by atoms with Crippen LogP contribution in [-0.2, 0) is 0 Å². The van der Waals surface area contributed by atoms with E-state index < -0.39 is 0 Å². The first kappa shape index (κ1) is 13.8. The molecule has 0 N–H and O–H groups in total. The van der Waals surface area contributed by atoms with Crippen LogP contribution in [0, 0.1) is 0 Å². The number of hydrogen-bond donors (Lipinski definition) is 0. The molecule has 0 aliphatic rings. The second-order valence-electron chi connectivity index (χ2n) is 4.48. The summed E-state index contributed by atoms with van der Waals surface area (Å²) in [6, 6.07) is 17.6. The van der Waals surface area contributed by atoms with Crippen LogP contribution in [0.15, 0.2) is 59.1 Å². The van der Waals surface area contributed by atoms with Crippen molar-refractivity contribution < 1.29 is 4.79 Å². The summed E-state index contributed by atoms with van der Waals surface area (Å²) < 4.78 is 0.826. The van der Waals surface area contributed by atoms with E-state index in [1.54, 1.807) is 4.90 Å². The summed E-state index contributed by atoms with van der Waals surface area (Å²) in [5.74, 6) is 0.0174. The van der Waals surface area contributed by atoms with Gasteiger partial charge in [-0.2, -0.15) is 0 Å². The molecule has 19 heavy (non-hydrogen) atoms. The van der Waals surface area contributed by atoms with Crippen LogP contribution in [0.25, 0.3) is 0 Å². The minimum absolute atomic E-state index is 0.0174. The number of carbonyl (C=O) groups excluding carboxylic acids is 1. The summed E-state index contributed by atoms with van der Waals surface area (Å²) in [6.07, 6.45) is 0. The quantitative estimate of drug-likeness (QED) is 0.827. The number of nitrogens with zero attached hydrogens (tertiary/aromatic N) is 1. The number of rotatable bonds is 3. The van der Waals surface area contributed by atoms with Gasteiger partial charge in [0.25, 0.3) is 5.91 Å². The molecular weight excluding hydrogens is 302 g/mol. The summed E-state index contributed by atoms with van der Waals surface area (Å²) >= 11 is 3.42. The molecule has 3 heteroatoms. The van der Waals surface area contributed by atoms with Crippen LogP contribution in [0.2, 0.25) is 0 Å². The maximum absolute atomic E-state index is 12.5. The highest BCUT2D eigenvalue weighted by atomic mass is 79.9. The third-order valence-electron chi connectivity index (χ3n) is 3.29. The van der Waals surface area contributed by atoms with E-state index in [4.69, 9.17) is 0 Å². The lowest BCUT2D eigenvalue weighted by Crippen LogP contribution is -2.29. The van der Waals surface area contributed by atoms with Crippen LogP contribution in [0.3, 0.4) is 0 Å². The highest BCUT2D eigenvalue weighted by Crippen LogP contribution is 2.23. The highest BCUT2D eigenvalue weighted by molar-refractivity contribution is 9.10. The lowest BCUT2D eigenvalue weighted by molar-refractivity contribution is 0.0741. The Hall–Kier alpha value is -1.61. The molecule has 2 aromatic carbocycles. The normalized spacial score (nSPS) is 11.9. The molecule has 0 heterocycles. The van der Waals surface area contributed by atoms with E-state index in [0.29, 0.717) is 5.56 Å². The van der Waals surface area contributed by atoms with Gasteiger partial charge in [0.15, 0.2) is 0 Å². The van der Waals surface area contributed by atoms with Crippen molar-refractivity contribution in [2.75, 3.05) is 7.05 Å². The average molecular weight is 318 g/mol. The molecule has 2 aromatic rings. The zero-order valence-electron chi connectivity index (χ0n) is 11.0. The van der Waals surface area contributed by atoms with Crippen molar-refractivity contribution in [1.29, 1.82) is 0 Å². The van der Waals surface area contributed by atoms with E-state index in [2.05, 4.69) is 15.9 Å². The molecule has 0 aliphatic carbocycles. The van der Waals surface area contributed by atoms with Gasteiger partial charge in [-0.15, -0.1) is 0 Å². The molecule has 0 aromatic heterocycles. The topological polar surface area (TPSA) is 20.3 Å². The Morgan fingerprint density at radius 1 is 1.05 bits per heavy atom. The van der Waals surface area contributed by atoms with Crippen molar-refractivity contribution in [3.8, 4) is 0 Å². The molecule has 0 radical (unpaired) electrons. The fourth-order valence-electron chi connectivity index (χ4n) is 1.96. The van der Waals surface area contributed by atoms with E-state index in [1.807, 2.05) is 68.6 Å². The summed E-state index contributed by atoms with van der Waals surface area (Å²) in [6.45, 7) is 2.03. The van der Waals surface area contributed by atoms with Crippen LogP contribution in [0.5, 0.6) is 0 Å². The highest BCUT2D eigenvalue weighted by Gasteiger charge is 2.20. The molecule has 0 saturated heterocycles. The van der Waals surface area contributed by atoms with Crippen molar-refractivity contribution in [3.05, 3.63) is 70.2 Å². The molecule has 1 unspecified atom stereocenters. The van der Waals surface area contributed by atoms with Crippen LogP contribution in [-0.4, -0.2) is 17.9 Å². The van der Waals surface area contributed by atoms with Gasteiger partial charge < -0.3 is 4.90 Å². The average Bonchev–Trinajstić information content (AvgIpc) is 2.46. The number of amides is 1. The van der Waals surface area contributed by atoms with Gasteiger partial charge in [-0.25, -0.2) is 0 Å². The molecule has 2 rings (SSSR count). The Labute approximate surface area is 122 Å². The van der Waals surface area contributed by atoms with Gasteiger partial charge in [-0.3, -0.25) is 4.79 Å².